The van der Waals surface area contributed by atoms with E-state index in [2.05, 4.69) is 26.6 Å². The molecule has 8 heteroatoms. The molecule has 0 radical (unpaired) electrons. The number of anilines is 2. The summed E-state index contributed by atoms with van der Waals surface area (Å²) in [6.07, 6.45) is 3.53. The van der Waals surface area contributed by atoms with E-state index in [0.29, 0.717) is 12.4 Å². The number of rotatable bonds is 6. The maximum absolute atomic E-state index is 6.23. The molecule has 1 N–H and O–H groups in total. The van der Waals surface area contributed by atoms with Crippen molar-refractivity contribution in [1.29, 1.82) is 0 Å². The third kappa shape index (κ3) is 3.57. The largest absolute Gasteiger partial charge is 0.378 e. The van der Waals surface area contributed by atoms with Gasteiger partial charge in [0.1, 0.15) is 12.1 Å². The summed E-state index contributed by atoms with van der Waals surface area (Å²) in [7, 11) is 1.64. The lowest BCUT2D eigenvalue weighted by molar-refractivity contribution is 0.181. The molecule has 0 fully saturated rings. The molecule has 2 aromatic heterocycles. The van der Waals surface area contributed by atoms with Crippen molar-refractivity contribution in [3.05, 3.63) is 46.9 Å². The molecule has 0 unspecified atom stereocenters. The zero-order valence-electron chi connectivity index (χ0n) is 12.8. The topological polar surface area (TPSA) is 64.3 Å². The molecule has 0 aliphatic heterocycles. The molecule has 0 bridgehead atoms. The molecule has 0 saturated carbocycles. The molecule has 0 aliphatic carbocycles. The predicted octanol–water partition coefficient (Wildman–Crippen LogP) is 3.53. The quantitative estimate of drug-likeness (QED) is 0.734. The average Bonchev–Trinajstić information content (AvgIpc) is 3.00. The van der Waals surface area contributed by atoms with E-state index < -0.39 is 0 Å². The van der Waals surface area contributed by atoms with Crippen LogP contribution in [0.25, 0.3) is 5.78 Å². The van der Waals surface area contributed by atoms with Gasteiger partial charge < -0.3 is 10.1 Å². The van der Waals surface area contributed by atoms with Crippen LogP contribution in [0.15, 0.2) is 30.6 Å². The number of ether oxygens (including phenoxy) is 1. The first kappa shape index (κ1) is 16.0. The summed E-state index contributed by atoms with van der Waals surface area (Å²) < 4.78 is 6.81. The number of hydrogen-bond acceptors (Lipinski definition) is 6. The minimum absolute atomic E-state index is 0.413. The molecule has 0 atom stereocenters. The van der Waals surface area contributed by atoms with Gasteiger partial charge in [0, 0.05) is 29.6 Å². The number of nitrogens with zero attached hydrogens (tertiary/aromatic N) is 4. The Kier molecular flexibility index (Phi) is 5.00. The highest BCUT2D eigenvalue weighted by Crippen LogP contribution is 2.26. The van der Waals surface area contributed by atoms with Crippen LogP contribution in [0.5, 0.6) is 0 Å². The summed E-state index contributed by atoms with van der Waals surface area (Å²) in [5.74, 6) is 2.16. The standard InChI is InChI=1S/C15H16ClN5OS/c1-22-7-12-6-14(21-15(20-12)17-9-18-21)19-11-3-4-13(16)10(5-11)8-23-2/h3-6,9,19H,7-8H2,1-2H3. The molecule has 3 rings (SSSR count). The minimum atomic E-state index is 0.413. The molecule has 1 aromatic carbocycles. The van der Waals surface area contributed by atoms with Crippen molar-refractivity contribution in [2.45, 2.75) is 12.4 Å². The zero-order chi connectivity index (χ0) is 16.2. The first-order valence-electron chi connectivity index (χ1n) is 6.94. The van der Waals surface area contributed by atoms with Gasteiger partial charge in [-0.05, 0) is 30.0 Å². The highest BCUT2D eigenvalue weighted by Gasteiger charge is 2.09. The Morgan fingerprint density at radius 2 is 2.22 bits per heavy atom. The Balaban J connectivity index is 1.97. The lowest BCUT2D eigenvalue weighted by Crippen LogP contribution is -2.05. The van der Waals surface area contributed by atoms with E-state index >= 15 is 0 Å². The number of thioether (sulfide) groups is 1. The average molecular weight is 350 g/mol. The summed E-state index contributed by atoms with van der Waals surface area (Å²) in [5, 5.41) is 8.33. The maximum atomic E-state index is 6.23. The van der Waals surface area contributed by atoms with Crippen molar-refractivity contribution in [3.8, 4) is 0 Å². The summed E-state index contributed by atoms with van der Waals surface area (Å²) in [4.78, 5) is 8.53. The third-order valence-corrected chi connectivity index (χ3v) is 4.18. The summed E-state index contributed by atoms with van der Waals surface area (Å²) in [6.45, 7) is 0.413. The van der Waals surface area contributed by atoms with Crippen molar-refractivity contribution < 1.29 is 4.74 Å². The fraction of sp³-hybridized carbons (Fsp3) is 0.267. The predicted molar refractivity (Wildman–Crippen MR) is 93.4 cm³/mol. The second-order valence-corrected chi connectivity index (χ2v) is 6.18. The van der Waals surface area contributed by atoms with Crippen LogP contribution in [0, 0.1) is 0 Å². The third-order valence-electron chi connectivity index (χ3n) is 3.22. The Labute approximate surface area is 143 Å². The van der Waals surface area contributed by atoms with E-state index in [1.807, 2.05) is 24.3 Å². The van der Waals surface area contributed by atoms with Gasteiger partial charge in [-0.15, -0.1) is 0 Å². The second-order valence-electron chi connectivity index (χ2n) is 4.90. The van der Waals surface area contributed by atoms with E-state index in [4.69, 9.17) is 16.3 Å². The first-order chi connectivity index (χ1) is 11.2. The van der Waals surface area contributed by atoms with Gasteiger partial charge in [0.05, 0.1) is 12.3 Å². The first-order valence-corrected chi connectivity index (χ1v) is 8.71. The molecular weight excluding hydrogens is 334 g/mol. The maximum Gasteiger partial charge on any atom is 0.254 e. The van der Waals surface area contributed by atoms with E-state index in [0.717, 1.165) is 33.5 Å². The Morgan fingerprint density at radius 3 is 3.00 bits per heavy atom. The molecule has 0 spiro atoms. The van der Waals surface area contributed by atoms with Gasteiger partial charge in [-0.3, -0.25) is 0 Å². The zero-order valence-corrected chi connectivity index (χ0v) is 14.4. The molecule has 6 nitrogen and oxygen atoms in total. The van der Waals surface area contributed by atoms with E-state index in [1.165, 1.54) is 6.33 Å². The Bertz CT molecular complexity index is 823. The second kappa shape index (κ2) is 7.16. The van der Waals surface area contributed by atoms with Crippen molar-refractivity contribution in [1.82, 2.24) is 19.6 Å². The summed E-state index contributed by atoms with van der Waals surface area (Å²) >= 11 is 7.96. The van der Waals surface area contributed by atoms with Crippen molar-refractivity contribution >= 4 is 40.6 Å². The Morgan fingerprint density at radius 1 is 1.35 bits per heavy atom. The van der Waals surface area contributed by atoms with Crippen molar-refractivity contribution in [2.75, 3.05) is 18.7 Å². The summed E-state index contributed by atoms with van der Waals surface area (Å²) in [5.41, 5.74) is 2.81. The number of hydrogen-bond donors (Lipinski definition) is 1. The molecular formula is C15H16ClN5OS. The molecule has 120 valence electrons. The van der Waals surface area contributed by atoms with Crippen LogP contribution in [0.1, 0.15) is 11.3 Å². The molecule has 0 saturated heterocycles. The lowest BCUT2D eigenvalue weighted by Gasteiger charge is -2.11. The van der Waals surface area contributed by atoms with Gasteiger partial charge in [0.15, 0.2) is 0 Å². The van der Waals surface area contributed by atoms with Crippen LogP contribution in [0.4, 0.5) is 11.5 Å². The molecule has 0 amide bonds. The van der Waals surface area contributed by atoms with Crippen molar-refractivity contribution in [2.24, 2.45) is 0 Å². The van der Waals surface area contributed by atoms with Gasteiger partial charge in [0.25, 0.3) is 5.78 Å². The monoisotopic (exact) mass is 349 g/mol. The Hall–Kier alpha value is -1.83. The van der Waals surface area contributed by atoms with Crippen LogP contribution >= 0.6 is 23.4 Å². The number of fused-ring (bicyclic) bond motifs is 1. The highest BCUT2D eigenvalue weighted by atomic mass is 35.5. The molecule has 23 heavy (non-hydrogen) atoms. The van der Waals surface area contributed by atoms with Gasteiger partial charge in [-0.2, -0.15) is 26.4 Å². The number of methoxy groups -OCH3 is 1. The van der Waals surface area contributed by atoms with Crippen LogP contribution < -0.4 is 5.32 Å². The lowest BCUT2D eigenvalue weighted by atomic mass is 10.2. The fourth-order valence-electron chi connectivity index (χ4n) is 2.24. The van der Waals surface area contributed by atoms with Crippen LogP contribution in [0.3, 0.4) is 0 Å². The number of aromatic nitrogens is 4. The van der Waals surface area contributed by atoms with Gasteiger partial charge >= 0.3 is 0 Å². The normalized spacial score (nSPS) is 11.1. The fourth-order valence-corrected chi connectivity index (χ4v) is 3.05. The van der Waals surface area contributed by atoms with Crippen LogP contribution in [0.2, 0.25) is 5.02 Å². The minimum Gasteiger partial charge on any atom is -0.378 e. The van der Waals surface area contributed by atoms with Gasteiger partial charge in [0.2, 0.25) is 0 Å². The number of halogens is 1. The number of benzene rings is 1. The smallest absolute Gasteiger partial charge is 0.254 e. The van der Waals surface area contributed by atoms with E-state index in [9.17, 15) is 0 Å². The SMILES string of the molecule is COCc1cc(Nc2ccc(Cl)c(CSC)c2)n2ncnc2n1. The van der Waals surface area contributed by atoms with E-state index in [1.54, 1.807) is 23.4 Å². The number of nitrogens with one attached hydrogen (secondary N) is 1. The van der Waals surface area contributed by atoms with Gasteiger partial charge in [-0.1, -0.05) is 11.6 Å². The van der Waals surface area contributed by atoms with Crippen LogP contribution in [-0.2, 0) is 17.1 Å². The highest BCUT2D eigenvalue weighted by molar-refractivity contribution is 7.97. The van der Waals surface area contributed by atoms with Crippen molar-refractivity contribution in [3.63, 3.8) is 0 Å². The van der Waals surface area contributed by atoms with Crippen LogP contribution in [-0.4, -0.2) is 32.9 Å². The molecule has 3 aromatic rings. The van der Waals surface area contributed by atoms with Gasteiger partial charge in [-0.25, -0.2) is 4.98 Å². The molecule has 0 aliphatic rings. The van der Waals surface area contributed by atoms with E-state index in [-0.39, 0.29) is 0 Å². The molecule has 2 heterocycles. The summed E-state index contributed by atoms with van der Waals surface area (Å²) in [6, 6.07) is 7.77.